The van der Waals surface area contributed by atoms with Crippen LogP contribution in [0.5, 0.6) is 0 Å². The van der Waals surface area contributed by atoms with Crippen LogP contribution in [0.3, 0.4) is 0 Å². The second kappa shape index (κ2) is 4.71. The van der Waals surface area contributed by atoms with Gasteiger partial charge in [0.2, 0.25) is 0 Å². The quantitative estimate of drug-likeness (QED) is 0.664. The van der Waals surface area contributed by atoms with Gasteiger partial charge in [-0.1, -0.05) is 6.42 Å². The molecule has 0 spiro atoms. The van der Waals surface area contributed by atoms with E-state index in [2.05, 4.69) is 4.74 Å². The highest BCUT2D eigenvalue weighted by molar-refractivity contribution is 5.69. The molecule has 82 valence electrons. The molecule has 4 heteroatoms. The van der Waals surface area contributed by atoms with E-state index in [1.807, 2.05) is 0 Å². The van der Waals surface area contributed by atoms with Gasteiger partial charge in [-0.15, -0.1) is 0 Å². The number of hydrogen-bond acceptors (Lipinski definition) is 2. The molecule has 0 saturated heterocycles. The highest BCUT2D eigenvalue weighted by Gasteiger charge is 2.42. The number of ether oxygens (including phenoxy) is 1. The Balaban J connectivity index is 2.45. The van der Waals surface area contributed by atoms with E-state index < -0.39 is 17.8 Å². The second-order valence-corrected chi connectivity index (χ2v) is 3.71. The number of esters is 1. The molecule has 1 aliphatic carbocycles. The van der Waals surface area contributed by atoms with Gasteiger partial charge < -0.3 is 4.74 Å². The minimum Gasteiger partial charge on any atom is -0.466 e. The third-order valence-corrected chi connectivity index (χ3v) is 2.63. The molecule has 0 unspecified atom stereocenters. The molecule has 0 amide bonds. The van der Waals surface area contributed by atoms with E-state index in [-0.39, 0.29) is 19.4 Å². The number of carbonyl (C=O) groups is 1. The van der Waals surface area contributed by atoms with E-state index in [1.165, 1.54) is 0 Å². The highest BCUT2D eigenvalue weighted by atomic mass is 19.3. The zero-order valence-corrected chi connectivity index (χ0v) is 8.39. The average Bonchev–Trinajstić information content (AvgIpc) is 2.09. The fraction of sp³-hybridized carbons (Fsp3) is 0.900. The van der Waals surface area contributed by atoms with Crippen molar-refractivity contribution in [2.75, 3.05) is 6.61 Å². The molecular formula is C10H16F2O2. The van der Waals surface area contributed by atoms with Crippen molar-refractivity contribution in [3.63, 3.8) is 0 Å². The molecule has 0 heterocycles. The van der Waals surface area contributed by atoms with E-state index in [9.17, 15) is 13.6 Å². The summed E-state index contributed by atoms with van der Waals surface area (Å²) in [5, 5.41) is 0. The summed E-state index contributed by atoms with van der Waals surface area (Å²) in [6.45, 7) is 1.94. The predicted octanol–water partition coefficient (Wildman–Crippen LogP) is 2.77. The SMILES string of the molecule is CCOC(=O)C[C@H]1CCCCC1(F)F. The minimum atomic E-state index is -2.68. The number of rotatable bonds is 3. The maximum absolute atomic E-state index is 13.3. The summed E-state index contributed by atoms with van der Waals surface area (Å²) in [4.78, 5) is 11.0. The Bertz CT molecular complexity index is 204. The number of alkyl halides is 2. The van der Waals surface area contributed by atoms with E-state index in [0.29, 0.717) is 12.8 Å². The van der Waals surface area contributed by atoms with E-state index >= 15 is 0 Å². The van der Waals surface area contributed by atoms with Crippen molar-refractivity contribution in [3.05, 3.63) is 0 Å². The molecule has 0 bridgehead atoms. The highest BCUT2D eigenvalue weighted by Crippen LogP contribution is 2.40. The smallest absolute Gasteiger partial charge is 0.306 e. The third-order valence-electron chi connectivity index (χ3n) is 2.63. The first kappa shape index (κ1) is 11.4. The predicted molar refractivity (Wildman–Crippen MR) is 48.2 cm³/mol. The zero-order chi connectivity index (χ0) is 10.6. The van der Waals surface area contributed by atoms with Crippen LogP contribution in [-0.2, 0) is 9.53 Å². The lowest BCUT2D eigenvalue weighted by Crippen LogP contribution is -2.33. The fourth-order valence-electron chi connectivity index (χ4n) is 1.84. The molecule has 0 N–H and O–H groups in total. The molecule has 0 aromatic carbocycles. The topological polar surface area (TPSA) is 26.3 Å². The summed E-state index contributed by atoms with van der Waals surface area (Å²) >= 11 is 0. The van der Waals surface area contributed by atoms with E-state index in [0.717, 1.165) is 6.42 Å². The van der Waals surface area contributed by atoms with Crippen molar-refractivity contribution in [2.24, 2.45) is 5.92 Å². The third kappa shape index (κ3) is 2.93. The van der Waals surface area contributed by atoms with Crippen molar-refractivity contribution in [2.45, 2.75) is 45.0 Å². The molecule has 1 fully saturated rings. The zero-order valence-electron chi connectivity index (χ0n) is 8.39. The molecule has 1 atom stereocenters. The van der Waals surface area contributed by atoms with Gasteiger partial charge in [0.25, 0.3) is 5.92 Å². The van der Waals surface area contributed by atoms with Crippen molar-refractivity contribution in [3.8, 4) is 0 Å². The van der Waals surface area contributed by atoms with Crippen LogP contribution < -0.4 is 0 Å². The Kier molecular flexibility index (Phi) is 3.84. The minimum absolute atomic E-state index is 0.0862. The first-order chi connectivity index (χ1) is 6.56. The van der Waals surface area contributed by atoms with Gasteiger partial charge in [0.15, 0.2) is 0 Å². The van der Waals surface area contributed by atoms with E-state index in [4.69, 9.17) is 0 Å². The van der Waals surface area contributed by atoms with Crippen molar-refractivity contribution in [1.29, 1.82) is 0 Å². The van der Waals surface area contributed by atoms with Crippen molar-refractivity contribution in [1.82, 2.24) is 0 Å². The Hall–Kier alpha value is -0.670. The summed E-state index contributed by atoms with van der Waals surface area (Å²) in [6, 6.07) is 0. The van der Waals surface area contributed by atoms with Crippen LogP contribution in [0.25, 0.3) is 0 Å². The average molecular weight is 206 g/mol. The number of carbonyl (C=O) groups excluding carboxylic acids is 1. The van der Waals surface area contributed by atoms with Gasteiger partial charge in [-0.3, -0.25) is 4.79 Å². The van der Waals surface area contributed by atoms with Crippen LogP contribution in [0.1, 0.15) is 39.0 Å². The fourth-order valence-corrected chi connectivity index (χ4v) is 1.84. The number of hydrogen-bond donors (Lipinski definition) is 0. The van der Waals surface area contributed by atoms with Crippen LogP contribution in [0.2, 0.25) is 0 Å². The molecule has 0 aromatic heterocycles. The van der Waals surface area contributed by atoms with Crippen LogP contribution in [0.15, 0.2) is 0 Å². The lowest BCUT2D eigenvalue weighted by molar-refractivity contribution is -0.151. The van der Waals surface area contributed by atoms with Crippen LogP contribution >= 0.6 is 0 Å². The largest absolute Gasteiger partial charge is 0.466 e. The van der Waals surface area contributed by atoms with E-state index in [1.54, 1.807) is 6.92 Å². The maximum atomic E-state index is 13.3. The Morgan fingerprint density at radius 2 is 2.21 bits per heavy atom. The van der Waals surface area contributed by atoms with Crippen LogP contribution in [0.4, 0.5) is 8.78 Å². The van der Waals surface area contributed by atoms with Gasteiger partial charge in [-0.2, -0.15) is 0 Å². The first-order valence-electron chi connectivity index (χ1n) is 5.09. The summed E-state index contributed by atoms with van der Waals surface area (Å²) in [5.74, 6) is -3.99. The molecule has 14 heavy (non-hydrogen) atoms. The molecule has 0 aromatic rings. The molecular weight excluding hydrogens is 190 g/mol. The maximum Gasteiger partial charge on any atom is 0.306 e. The molecule has 1 saturated carbocycles. The molecule has 0 aliphatic heterocycles. The lowest BCUT2D eigenvalue weighted by Gasteiger charge is -2.30. The molecule has 1 aliphatic rings. The van der Waals surface area contributed by atoms with Gasteiger partial charge in [0.1, 0.15) is 0 Å². The van der Waals surface area contributed by atoms with Gasteiger partial charge in [-0.25, -0.2) is 8.78 Å². The lowest BCUT2D eigenvalue weighted by atomic mass is 9.83. The van der Waals surface area contributed by atoms with Crippen molar-refractivity contribution >= 4 is 5.97 Å². The van der Waals surface area contributed by atoms with Crippen LogP contribution in [0, 0.1) is 5.92 Å². The summed E-state index contributed by atoms with van der Waals surface area (Å²) in [7, 11) is 0. The number of halogens is 2. The van der Waals surface area contributed by atoms with Gasteiger partial charge >= 0.3 is 5.97 Å². The Morgan fingerprint density at radius 1 is 1.50 bits per heavy atom. The second-order valence-electron chi connectivity index (χ2n) is 3.71. The standard InChI is InChI=1S/C10H16F2O2/c1-2-14-9(13)7-8-5-3-4-6-10(8,11)12/h8H,2-7H2,1H3/t8-/m1/s1. The Labute approximate surface area is 82.6 Å². The summed E-state index contributed by atoms with van der Waals surface area (Å²) in [5.41, 5.74) is 0. The summed E-state index contributed by atoms with van der Waals surface area (Å²) in [6.07, 6.45) is 1.57. The molecule has 0 radical (unpaired) electrons. The molecule has 1 rings (SSSR count). The van der Waals surface area contributed by atoms with Gasteiger partial charge in [0, 0.05) is 12.3 Å². The Morgan fingerprint density at radius 3 is 2.79 bits per heavy atom. The molecule has 2 nitrogen and oxygen atoms in total. The summed E-state index contributed by atoms with van der Waals surface area (Å²) < 4.78 is 31.2. The van der Waals surface area contributed by atoms with Crippen molar-refractivity contribution < 1.29 is 18.3 Å². The monoisotopic (exact) mass is 206 g/mol. The van der Waals surface area contributed by atoms with Gasteiger partial charge in [-0.05, 0) is 19.8 Å². The van der Waals surface area contributed by atoms with Crippen LogP contribution in [-0.4, -0.2) is 18.5 Å². The first-order valence-corrected chi connectivity index (χ1v) is 5.09. The normalized spacial score (nSPS) is 25.8. The van der Waals surface area contributed by atoms with Gasteiger partial charge in [0.05, 0.1) is 13.0 Å².